The van der Waals surface area contributed by atoms with E-state index in [0.29, 0.717) is 16.9 Å². The number of halogens is 1. The molecule has 0 bridgehead atoms. The molecule has 43 heavy (non-hydrogen) atoms. The summed E-state index contributed by atoms with van der Waals surface area (Å²) in [6.45, 7) is -0.00253. The van der Waals surface area contributed by atoms with Gasteiger partial charge >= 0.3 is 5.97 Å². The summed E-state index contributed by atoms with van der Waals surface area (Å²) < 4.78 is 50.5. The molecule has 3 aromatic carbocycles. The number of likely N-dealkylation sites (tertiary alicyclic amines) is 1. The number of amides is 1. The molecule has 0 saturated carbocycles. The average molecular weight is 609 g/mol. The van der Waals surface area contributed by atoms with Crippen molar-refractivity contribution in [3.8, 4) is 11.5 Å². The quantitative estimate of drug-likeness (QED) is 0.206. The summed E-state index contributed by atoms with van der Waals surface area (Å²) in [6.07, 6.45) is 1.61. The van der Waals surface area contributed by atoms with Crippen LogP contribution in [0.3, 0.4) is 0 Å². The fourth-order valence-corrected chi connectivity index (χ4v) is 6.20. The van der Waals surface area contributed by atoms with Crippen molar-refractivity contribution in [1.29, 1.82) is 0 Å². The first-order valence-electron chi connectivity index (χ1n) is 13.2. The van der Waals surface area contributed by atoms with Crippen LogP contribution in [-0.4, -0.2) is 56.0 Å². The number of thiol groups is 1. The SMILES string of the molecule is COc1cc(F)c([C@@H](Nc2ccc3c(N)nccc3c2)C(=O)N2CC[C@H](C(=O)O)[C@@H]2c2ccccc2[SH](=O)=O)cc1OC. The highest BCUT2D eigenvalue weighted by atomic mass is 32.2. The number of hydrogen-bond acceptors (Lipinski definition) is 9. The van der Waals surface area contributed by atoms with Crippen LogP contribution >= 0.6 is 0 Å². The van der Waals surface area contributed by atoms with Crippen LogP contribution < -0.4 is 20.5 Å². The standard InChI is InChI=1S/C30H29FN4O7S/c1-41-23-14-21(22(31)15-24(23)42-2)26(34-17-7-8-18-16(13-17)9-11-33-28(18)32)29(36)35-12-10-20(30(37)38)27(35)19-5-3-4-6-25(19)43(39)40/h3-9,11,13-15,20,26-27,34,43H,10,12H2,1-2H3,(H2,32,33)(H,37,38)/t20-,26+,27-/m0/s1. The Hall–Kier alpha value is -4.91. The molecule has 1 fully saturated rings. The zero-order valence-electron chi connectivity index (χ0n) is 23.2. The Morgan fingerprint density at radius 2 is 1.81 bits per heavy atom. The first-order chi connectivity index (χ1) is 20.6. The number of carbonyl (C=O) groups excluding carboxylic acids is 1. The number of anilines is 2. The summed E-state index contributed by atoms with van der Waals surface area (Å²) in [4.78, 5) is 32.1. The summed E-state index contributed by atoms with van der Waals surface area (Å²) in [5.74, 6) is -3.10. The lowest BCUT2D eigenvalue weighted by atomic mass is 9.93. The molecule has 13 heteroatoms. The number of carboxylic acid groups (broad SMARTS) is 1. The number of carbonyl (C=O) groups is 2. The monoisotopic (exact) mass is 608 g/mol. The van der Waals surface area contributed by atoms with E-state index in [1.807, 2.05) is 0 Å². The van der Waals surface area contributed by atoms with Gasteiger partial charge in [0.25, 0.3) is 0 Å². The number of fused-ring (bicyclic) bond motifs is 1. The van der Waals surface area contributed by atoms with Crippen molar-refractivity contribution < 1.29 is 37.0 Å². The predicted molar refractivity (Wildman–Crippen MR) is 157 cm³/mol. The molecule has 1 saturated heterocycles. The second kappa shape index (κ2) is 12.1. The van der Waals surface area contributed by atoms with Gasteiger partial charge in [0.1, 0.15) is 17.7 Å². The van der Waals surface area contributed by atoms with Gasteiger partial charge in [-0.25, -0.2) is 17.8 Å². The fourth-order valence-electron chi connectivity index (χ4n) is 5.57. The molecule has 4 aromatic rings. The molecule has 5 rings (SSSR count). The van der Waals surface area contributed by atoms with Crippen molar-refractivity contribution in [2.75, 3.05) is 31.8 Å². The van der Waals surface area contributed by atoms with Crippen molar-refractivity contribution >= 4 is 44.9 Å². The third kappa shape index (κ3) is 5.63. The summed E-state index contributed by atoms with van der Waals surface area (Å²) in [5.41, 5.74) is 6.53. The number of nitrogen functional groups attached to an aromatic ring is 1. The van der Waals surface area contributed by atoms with Gasteiger partial charge in [-0.05, 0) is 53.8 Å². The van der Waals surface area contributed by atoms with Crippen LogP contribution in [0.4, 0.5) is 15.9 Å². The third-order valence-corrected chi connectivity index (χ3v) is 8.42. The zero-order valence-corrected chi connectivity index (χ0v) is 24.1. The van der Waals surface area contributed by atoms with Crippen molar-refractivity contribution in [3.05, 3.63) is 83.8 Å². The van der Waals surface area contributed by atoms with Crippen molar-refractivity contribution in [3.63, 3.8) is 0 Å². The summed E-state index contributed by atoms with van der Waals surface area (Å²) >= 11 is 0. The van der Waals surface area contributed by atoms with E-state index in [4.69, 9.17) is 15.2 Å². The van der Waals surface area contributed by atoms with Crippen LogP contribution in [0.5, 0.6) is 11.5 Å². The van der Waals surface area contributed by atoms with E-state index in [-0.39, 0.29) is 40.5 Å². The van der Waals surface area contributed by atoms with Crippen LogP contribution in [0.2, 0.25) is 0 Å². The van der Waals surface area contributed by atoms with Crippen LogP contribution in [0.25, 0.3) is 10.8 Å². The molecule has 4 N–H and O–H groups in total. The number of aromatic nitrogens is 1. The molecule has 0 radical (unpaired) electrons. The van der Waals surface area contributed by atoms with Crippen molar-refractivity contribution in [2.45, 2.75) is 23.4 Å². The minimum absolute atomic E-state index is 0.00253. The number of nitrogens with two attached hydrogens (primary N) is 1. The van der Waals surface area contributed by atoms with Gasteiger partial charge in [-0.3, -0.25) is 9.59 Å². The summed E-state index contributed by atoms with van der Waals surface area (Å²) in [5, 5.41) is 14.6. The van der Waals surface area contributed by atoms with Gasteiger partial charge < -0.3 is 30.5 Å². The van der Waals surface area contributed by atoms with E-state index in [1.165, 1.54) is 49.6 Å². The first-order valence-corrected chi connectivity index (χ1v) is 14.4. The molecule has 1 aliphatic heterocycles. The number of methoxy groups -OCH3 is 2. The molecule has 1 amide bonds. The van der Waals surface area contributed by atoms with Gasteiger partial charge in [-0.15, -0.1) is 0 Å². The normalized spacial score (nSPS) is 17.2. The van der Waals surface area contributed by atoms with E-state index in [1.54, 1.807) is 30.3 Å². The van der Waals surface area contributed by atoms with Gasteiger partial charge in [0.15, 0.2) is 22.2 Å². The number of benzene rings is 3. The van der Waals surface area contributed by atoms with Crippen LogP contribution in [0.1, 0.15) is 29.6 Å². The second-order valence-corrected chi connectivity index (χ2v) is 11.0. The van der Waals surface area contributed by atoms with E-state index >= 15 is 4.39 Å². The van der Waals surface area contributed by atoms with Gasteiger partial charge in [0.2, 0.25) is 5.91 Å². The van der Waals surface area contributed by atoms with Crippen LogP contribution in [-0.2, 0) is 20.3 Å². The Kier molecular flexibility index (Phi) is 8.35. The Morgan fingerprint density at radius 3 is 2.51 bits per heavy atom. The lowest BCUT2D eigenvalue weighted by Gasteiger charge is -2.32. The molecule has 2 heterocycles. The van der Waals surface area contributed by atoms with Crippen LogP contribution in [0.15, 0.2) is 71.8 Å². The highest BCUT2D eigenvalue weighted by Crippen LogP contribution is 2.42. The number of nitrogens with one attached hydrogen (secondary N) is 1. The van der Waals surface area contributed by atoms with E-state index in [0.717, 1.165) is 11.5 Å². The van der Waals surface area contributed by atoms with Crippen molar-refractivity contribution in [1.82, 2.24) is 9.88 Å². The lowest BCUT2D eigenvalue weighted by Crippen LogP contribution is -2.40. The maximum absolute atomic E-state index is 15.7. The molecule has 3 atom stereocenters. The largest absolute Gasteiger partial charge is 0.493 e. The molecule has 1 aliphatic rings. The van der Waals surface area contributed by atoms with Gasteiger partial charge in [-0.1, -0.05) is 18.2 Å². The number of aliphatic carboxylic acids is 1. The molecule has 11 nitrogen and oxygen atoms in total. The Labute approximate surface area is 248 Å². The number of rotatable bonds is 9. The number of ether oxygens (including phenoxy) is 2. The first kappa shape index (κ1) is 29.6. The van der Waals surface area contributed by atoms with E-state index in [9.17, 15) is 23.1 Å². The topological polar surface area (TPSA) is 161 Å². The highest BCUT2D eigenvalue weighted by Gasteiger charge is 2.45. The zero-order chi connectivity index (χ0) is 30.8. The van der Waals surface area contributed by atoms with Crippen molar-refractivity contribution in [2.24, 2.45) is 5.92 Å². The summed E-state index contributed by atoms with van der Waals surface area (Å²) in [6, 6.07) is 12.7. The van der Waals surface area contributed by atoms with Gasteiger partial charge in [0, 0.05) is 35.4 Å². The summed E-state index contributed by atoms with van der Waals surface area (Å²) in [7, 11) is -0.368. The maximum atomic E-state index is 15.7. The lowest BCUT2D eigenvalue weighted by molar-refractivity contribution is -0.143. The number of hydrogen-bond donors (Lipinski definition) is 4. The minimum Gasteiger partial charge on any atom is -0.493 e. The molecular weight excluding hydrogens is 579 g/mol. The number of carboxylic acids is 1. The Morgan fingerprint density at radius 1 is 1.09 bits per heavy atom. The molecule has 0 aliphatic carbocycles. The predicted octanol–water partition coefficient (Wildman–Crippen LogP) is 3.77. The second-order valence-electron chi connectivity index (χ2n) is 9.96. The average Bonchev–Trinajstić information content (AvgIpc) is 3.45. The molecule has 224 valence electrons. The van der Waals surface area contributed by atoms with E-state index in [2.05, 4.69) is 10.3 Å². The number of nitrogens with zero attached hydrogens (tertiary/aromatic N) is 2. The Bertz CT molecular complexity index is 1790. The molecular formula is C30H29FN4O7S. The third-order valence-electron chi connectivity index (χ3n) is 7.62. The molecule has 0 spiro atoms. The minimum atomic E-state index is -3.10. The highest BCUT2D eigenvalue weighted by molar-refractivity contribution is 7.72. The fraction of sp³-hybridized carbons (Fsp3) is 0.233. The van der Waals surface area contributed by atoms with Gasteiger partial charge in [-0.2, -0.15) is 0 Å². The van der Waals surface area contributed by atoms with Gasteiger partial charge in [0.05, 0.1) is 31.1 Å². The molecule has 0 unspecified atom stereocenters. The number of pyridine rings is 1. The Balaban J connectivity index is 1.64. The smallest absolute Gasteiger partial charge is 0.309 e. The van der Waals surface area contributed by atoms with Crippen LogP contribution in [0, 0.1) is 11.7 Å². The maximum Gasteiger partial charge on any atom is 0.309 e. The van der Waals surface area contributed by atoms with E-state index < -0.39 is 46.4 Å². The molecule has 1 aromatic heterocycles.